The normalized spacial score (nSPS) is 19.8. The molecule has 0 bridgehead atoms. The van der Waals surface area contributed by atoms with Gasteiger partial charge in [0.2, 0.25) is 0 Å². The highest BCUT2D eigenvalue weighted by molar-refractivity contribution is 5.85. The van der Waals surface area contributed by atoms with Gasteiger partial charge in [0, 0.05) is 24.9 Å². The Labute approximate surface area is 114 Å². The van der Waals surface area contributed by atoms with Crippen LogP contribution < -0.4 is 4.90 Å². The summed E-state index contributed by atoms with van der Waals surface area (Å²) in [7, 11) is 0. The molecule has 0 aliphatic carbocycles. The maximum absolute atomic E-state index is 10.5. The van der Waals surface area contributed by atoms with Crippen LogP contribution in [0.5, 0.6) is 0 Å². The van der Waals surface area contributed by atoms with E-state index in [-0.39, 0.29) is 0 Å². The zero-order valence-corrected chi connectivity index (χ0v) is 11.4. The number of carboxylic acids is 1. The predicted octanol–water partition coefficient (Wildman–Crippen LogP) is 3.41. The van der Waals surface area contributed by atoms with Gasteiger partial charge in [-0.05, 0) is 42.5 Å². The fraction of sp³-hybridized carbons (Fsp3) is 0.438. The largest absolute Gasteiger partial charge is 0.478 e. The summed E-state index contributed by atoms with van der Waals surface area (Å²) < 4.78 is 0. The number of carbonyl (C=O) groups is 1. The topological polar surface area (TPSA) is 40.5 Å². The maximum Gasteiger partial charge on any atom is 0.328 e. The molecule has 0 spiro atoms. The van der Waals surface area contributed by atoms with E-state index in [1.54, 1.807) is 6.08 Å². The Hall–Kier alpha value is -1.77. The van der Waals surface area contributed by atoms with Crippen molar-refractivity contribution >= 4 is 17.7 Å². The molecular weight excluding hydrogens is 238 g/mol. The van der Waals surface area contributed by atoms with Crippen LogP contribution in [0, 0.1) is 5.92 Å². The maximum atomic E-state index is 10.5. The standard InChI is InChI=1S/C16H21NO2/c1-2-13-4-3-11-17(12-13)15-8-5-14(6-9-15)7-10-16(18)19/h5-10,13H,2-4,11-12H2,1H3,(H,18,19)/b10-7+. The van der Waals surface area contributed by atoms with Gasteiger partial charge in [-0.3, -0.25) is 0 Å². The number of piperidine rings is 1. The van der Waals surface area contributed by atoms with E-state index in [2.05, 4.69) is 24.0 Å². The summed E-state index contributed by atoms with van der Waals surface area (Å²) in [4.78, 5) is 12.9. The van der Waals surface area contributed by atoms with Crippen LogP contribution in [-0.2, 0) is 4.79 Å². The molecule has 0 amide bonds. The first kappa shape index (κ1) is 13.7. The van der Waals surface area contributed by atoms with Crippen LogP contribution in [0.25, 0.3) is 6.08 Å². The van der Waals surface area contributed by atoms with E-state index in [9.17, 15) is 4.79 Å². The molecule has 1 aromatic carbocycles. The van der Waals surface area contributed by atoms with Crippen LogP contribution in [-0.4, -0.2) is 24.2 Å². The molecule has 1 atom stereocenters. The highest BCUT2D eigenvalue weighted by Gasteiger charge is 2.18. The SMILES string of the molecule is CCC1CCCN(c2ccc(/C=C/C(=O)O)cc2)C1. The van der Waals surface area contributed by atoms with E-state index in [0.717, 1.165) is 24.6 Å². The summed E-state index contributed by atoms with van der Waals surface area (Å²) in [6.07, 6.45) is 6.64. The number of anilines is 1. The van der Waals surface area contributed by atoms with Gasteiger partial charge in [-0.15, -0.1) is 0 Å². The molecule has 2 rings (SSSR count). The number of hydrogen-bond acceptors (Lipinski definition) is 2. The molecule has 1 fully saturated rings. The molecule has 0 radical (unpaired) electrons. The van der Waals surface area contributed by atoms with Crippen LogP contribution in [0.15, 0.2) is 30.3 Å². The second-order valence-electron chi connectivity index (χ2n) is 5.13. The van der Waals surface area contributed by atoms with Gasteiger partial charge in [0.15, 0.2) is 0 Å². The number of aliphatic carboxylic acids is 1. The van der Waals surface area contributed by atoms with E-state index in [1.807, 2.05) is 12.1 Å². The molecule has 1 aromatic rings. The highest BCUT2D eigenvalue weighted by Crippen LogP contribution is 2.25. The van der Waals surface area contributed by atoms with Gasteiger partial charge < -0.3 is 10.0 Å². The Bertz CT molecular complexity index is 450. The minimum Gasteiger partial charge on any atom is -0.478 e. The first-order chi connectivity index (χ1) is 9.19. The lowest BCUT2D eigenvalue weighted by Gasteiger charge is -2.34. The van der Waals surface area contributed by atoms with Crippen molar-refractivity contribution in [2.75, 3.05) is 18.0 Å². The van der Waals surface area contributed by atoms with Gasteiger partial charge >= 0.3 is 5.97 Å². The van der Waals surface area contributed by atoms with Gasteiger partial charge in [0.25, 0.3) is 0 Å². The fourth-order valence-electron chi connectivity index (χ4n) is 2.60. The van der Waals surface area contributed by atoms with Crippen molar-refractivity contribution in [3.63, 3.8) is 0 Å². The lowest BCUT2D eigenvalue weighted by molar-refractivity contribution is -0.131. The fourth-order valence-corrected chi connectivity index (χ4v) is 2.60. The monoisotopic (exact) mass is 259 g/mol. The Morgan fingerprint density at radius 2 is 2.16 bits per heavy atom. The lowest BCUT2D eigenvalue weighted by atomic mass is 9.95. The van der Waals surface area contributed by atoms with E-state index < -0.39 is 5.97 Å². The van der Waals surface area contributed by atoms with E-state index in [1.165, 1.54) is 31.0 Å². The number of carboxylic acid groups (broad SMARTS) is 1. The molecule has 1 unspecified atom stereocenters. The number of nitrogens with zero attached hydrogens (tertiary/aromatic N) is 1. The number of benzene rings is 1. The van der Waals surface area contributed by atoms with Crippen LogP contribution in [0.2, 0.25) is 0 Å². The third-order valence-electron chi connectivity index (χ3n) is 3.77. The van der Waals surface area contributed by atoms with Gasteiger partial charge in [0.1, 0.15) is 0 Å². The van der Waals surface area contributed by atoms with Gasteiger partial charge in [0.05, 0.1) is 0 Å². The van der Waals surface area contributed by atoms with Gasteiger partial charge in [-0.2, -0.15) is 0 Å². The van der Waals surface area contributed by atoms with Gasteiger partial charge in [-0.25, -0.2) is 4.79 Å². The third-order valence-corrected chi connectivity index (χ3v) is 3.77. The zero-order valence-electron chi connectivity index (χ0n) is 11.4. The molecule has 1 N–H and O–H groups in total. The quantitative estimate of drug-likeness (QED) is 0.842. The second kappa shape index (κ2) is 6.41. The summed E-state index contributed by atoms with van der Waals surface area (Å²) in [5, 5.41) is 8.59. The first-order valence-electron chi connectivity index (χ1n) is 6.95. The number of hydrogen-bond donors (Lipinski definition) is 1. The molecule has 3 nitrogen and oxygen atoms in total. The van der Waals surface area contributed by atoms with E-state index in [0.29, 0.717) is 0 Å². The van der Waals surface area contributed by atoms with E-state index >= 15 is 0 Å². The summed E-state index contributed by atoms with van der Waals surface area (Å²) in [5.74, 6) is -0.105. The predicted molar refractivity (Wildman–Crippen MR) is 78.3 cm³/mol. The smallest absolute Gasteiger partial charge is 0.328 e. The molecule has 1 aliphatic rings. The summed E-state index contributed by atoms with van der Waals surface area (Å²) in [6.45, 7) is 4.52. The first-order valence-corrected chi connectivity index (χ1v) is 6.95. The minimum absolute atomic E-state index is 0.806. The molecule has 102 valence electrons. The van der Waals surface area contributed by atoms with Crippen molar-refractivity contribution in [3.05, 3.63) is 35.9 Å². The van der Waals surface area contributed by atoms with Crippen LogP contribution in [0.4, 0.5) is 5.69 Å². The highest BCUT2D eigenvalue weighted by atomic mass is 16.4. The Kier molecular flexibility index (Phi) is 4.61. The van der Waals surface area contributed by atoms with Crippen molar-refractivity contribution in [1.29, 1.82) is 0 Å². The minimum atomic E-state index is -0.911. The van der Waals surface area contributed by atoms with Crippen molar-refractivity contribution in [2.45, 2.75) is 26.2 Å². The molecule has 0 aromatic heterocycles. The number of rotatable bonds is 4. The molecular formula is C16H21NO2. The molecule has 1 heterocycles. The molecule has 0 saturated carbocycles. The van der Waals surface area contributed by atoms with Crippen LogP contribution in [0.1, 0.15) is 31.7 Å². The van der Waals surface area contributed by atoms with Crippen molar-refractivity contribution in [2.24, 2.45) is 5.92 Å². The zero-order chi connectivity index (χ0) is 13.7. The summed E-state index contributed by atoms with van der Waals surface area (Å²) >= 11 is 0. The Morgan fingerprint density at radius 1 is 1.42 bits per heavy atom. The van der Waals surface area contributed by atoms with E-state index in [4.69, 9.17) is 5.11 Å². The van der Waals surface area contributed by atoms with Crippen LogP contribution >= 0.6 is 0 Å². The van der Waals surface area contributed by atoms with Crippen molar-refractivity contribution in [1.82, 2.24) is 0 Å². The average molecular weight is 259 g/mol. The third kappa shape index (κ3) is 3.85. The Morgan fingerprint density at radius 3 is 2.79 bits per heavy atom. The summed E-state index contributed by atoms with van der Waals surface area (Å²) in [5.41, 5.74) is 2.17. The second-order valence-corrected chi connectivity index (χ2v) is 5.13. The molecule has 1 aliphatic heterocycles. The average Bonchev–Trinajstić information content (AvgIpc) is 2.45. The van der Waals surface area contributed by atoms with Gasteiger partial charge in [-0.1, -0.05) is 25.5 Å². The Balaban J connectivity index is 2.03. The van der Waals surface area contributed by atoms with Crippen molar-refractivity contribution in [3.8, 4) is 0 Å². The van der Waals surface area contributed by atoms with Crippen LogP contribution in [0.3, 0.4) is 0 Å². The molecule has 19 heavy (non-hydrogen) atoms. The van der Waals surface area contributed by atoms with Crippen molar-refractivity contribution < 1.29 is 9.90 Å². The molecule has 3 heteroatoms. The summed E-state index contributed by atoms with van der Waals surface area (Å²) in [6, 6.07) is 8.12. The molecule has 1 saturated heterocycles. The lowest BCUT2D eigenvalue weighted by Crippen LogP contribution is -2.35.